The van der Waals surface area contributed by atoms with Crippen molar-refractivity contribution in [1.82, 2.24) is 4.31 Å². The summed E-state index contributed by atoms with van der Waals surface area (Å²) >= 11 is 6.17. The summed E-state index contributed by atoms with van der Waals surface area (Å²) in [6.07, 6.45) is 0.299. The minimum absolute atomic E-state index is 0.0589. The van der Waals surface area contributed by atoms with Gasteiger partial charge in [0.2, 0.25) is 10.0 Å². The first-order chi connectivity index (χ1) is 14.4. The van der Waals surface area contributed by atoms with E-state index in [4.69, 9.17) is 26.3 Å². The van der Waals surface area contributed by atoms with E-state index < -0.39 is 15.9 Å². The van der Waals surface area contributed by atoms with Gasteiger partial charge in [0.1, 0.15) is 5.75 Å². The Balaban J connectivity index is 1.59. The summed E-state index contributed by atoms with van der Waals surface area (Å²) < 4.78 is 37.3. The molecule has 1 heterocycles. The van der Waals surface area contributed by atoms with Crippen molar-refractivity contribution in [1.29, 1.82) is 5.26 Å². The maximum Gasteiger partial charge on any atom is 0.262 e. The molecule has 30 heavy (non-hydrogen) atoms. The zero-order valence-corrected chi connectivity index (χ0v) is 17.6. The Morgan fingerprint density at radius 1 is 1.20 bits per heavy atom. The number of carbonyl (C=O) groups excluding carboxylic acids is 1. The van der Waals surface area contributed by atoms with Crippen LogP contribution < -0.4 is 10.1 Å². The molecule has 1 amide bonds. The van der Waals surface area contributed by atoms with E-state index in [1.807, 2.05) is 0 Å². The van der Waals surface area contributed by atoms with Crippen LogP contribution in [0.4, 0.5) is 5.69 Å². The largest absolute Gasteiger partial charge is 0.482 e. The molecule has 2 aromatic rings. The Hall–Kier alpha value is -2.64. The summed E-state index contributed by atoms with van der Waals surface area (Å²) in [6, 6.07) is 13.1. The van der Waals surface area contributed by atoms with Crippen molar-refractivity contribution in [3.8, 4) is 11.8 Å². The third kappa shape index (κ3) is 5.49. The molecular weight excluding hydrogens is 430 g/mol. The van der Waals surface area contributed by atoms with Gasteiger partial charge in [-0.3, -0.25) is 4.79 Å². The van der Waals surface area contributed by atoms with Crippen LogP contribution in [0.5, 0.6) is 5.75 Å². The second kappa shape index (κ2) is 9.91. The molecule has 8 nitrogen and oxygen atoms in total. The Morgan fingerprint density at radius 2 is 1.90 bits per heavy atom. The molecular formula is C20H20ClN3O5S. The summed E-state index contributed by atoms with van der Waals surface area (Å²) in [6.45, 7) is 0.982. The van der Waals surface area contributed by atoms with Gasteiger partial charge in [0.25, 0.3) is 5.91 Å². The highest BCUT2D eigenvalue weighted by Crippen LogP contribution is 2.29. The van der Waals surface area contributed by atoms with E-state index in [-0.39, 0.29) is 35.4 Å². The van der Waals surface area contributed by atoms with E-state index in [0.717, 1.165) is 5.56 Å². The van der Waals surface area contributed by atoms with Gasteiger partial charge in [0, 0.05) is 18.8 Å². The molecule has 0 spiro atoms. The van der Waals surface area contributed by atoms with Gasteiger partial charge in [-0.15, -0.1) is 0 Å². The van der Waals surface area contributed by atoms with Crippen LogP contribution in [0.15, 0.2) is 47.4 Å². The summed E-state index contributed by atoms with van der Waals surface area (Å²) in [5.41, 5.74) is 1.42. The van der Waals surface area contributed by atoms with Gasteiger partial charge in [-0.25, -0.2) is 8.42 Å². The third-order valence-corrected chi connectivity index (χ3v) is 6.58. The van der Waals surface area contributed by atoms with E-state index in [0.29, 0.717) is 25.3 Å². The second-order valence-electron chi connectivity index (χ2n) is 6.48. The number of nitrogens with one attached hydrogen (secondary N) is 1. The number of halogens is 1. The fourth-order valence-corrected chi connectivity index (χ4v) is 4.57. The standard InChI is InChI=1S/C20H20ClN3O5S/c21-18-13-17(30(26,27)24-9-11-28-12-10-24)5-6-19(18)29-14-20(25)23-16-3-1-15(2-4-16)7-8-22/h1-6,13H,7,9-12,14H2,(H,23,25). The van der Waals surface area contributed by atoms with E-state index in [2.05, 4.69) is 11.4 Å². The number of amides is 1. The molecule has 0 radical (unpaired) electrons. The number of morpholine rings is 1. The molecule has 0 aromatic heterocycles. The second-order valence-corrected chi connectivity index (χ2v) is 8.82. The van der Waals surface area contributed by atoms with Crippen molar-refractivity contribution in [2.75, 3.05) is 38.2 Å². The van der Waals surface area contributed by atoms with Crippen LogP contribution in [-0.2, 0) is 26.0 Å². The average Bonchev–Trinajstić information content (AvgIpc) is 2.75. The van der Waals surface area contributed by atoms with Crippen molar-refractivity contribution >= 4 is 33.2 Å². The molecule has 0 bridgehead atoms. The summed E-state index contributed by atoms with van der Waals surface area (Å²) in [5, 5.41) is 11.4. The van der Waals surface area contributed by atoms with Crippen LogP contribution in [0.25, 0.3) is 0 Å². The monoisotopic (exact) mass is 449 g/mol. The van der Waals surface area contributed by atoms with Crippen molar-refractivity contribution in [3.63, 3.8) is 0 Å². The summed E-state index contributed by atoms with van der Waals surface area (Å²) in [5.74, 6) is -0.193. The molecule has 0 unspecified atom stereocenters. The van der Waals surface area contributed by atoms with Gasteiger partial charge in [-0.05, 0) is 35.9 Å². The molecule has 0 aliphatic carbocycles. The first-order valence-corrected chi connectivity index (χ1v) is 11.0. The Bertz CT molecular complexity index is 1050. The molecule has 0 atom stereocenters. The van der Waals surface area contributed by atoms with Crippen LogP contribution in [-0.4, -0.2) is 51.5 Å². The summed E-state index contributed by atoms with van der Waals surface area (Å²) in [4.78, 5) is 12.2. The minimum Gasteiger partial charge on any atom is -0.482 e. The van der Waals surface area contributed by atoms with Crippen LogP contribution in [0.2, 0.25) is 5.02 Å². The highest BCUT2D eigenvalue weighted by atomic mass is 35.5. The third-order valence-electron chi connectivity index (χ3n) is 4.39. The smallest absolute Gasteiger partial charge is 0.262 e. The van der Waals surface area contributed by atoms with E-state index >= 15 is 0 Å². The fraction of sp³-hybridized carbons (Fsp3) is 0.300. The highest BCUT2D eigenvalue weighted by molar-refractivity contribution is 7.89. The van der Waals surface area contributed by atoms with Gasteiger partial charge >= 0.3 is 0 Å². The quantitative estimate of drug-likeness (QED) is 0.695. The fourth-order valence-electron chi connectivity index (χ4n) is 2.83. The first kappa shape index (κ1) is 22.1. The highest BCUT2D eigenvalue weighted by Gasteiger charge is 2.27. The average molecular weight is 450 g/mol. The number of sulfonamides is 1. The number of rotatable bonds is 7. The van der Waals surface area contributed by atoms with Crippen LogP contribution in [0.1, 0.15) is 5.56 Å². The number of anilines is 1. The Morgan fingerprint density at radius 3 is 2.53 bits per heavy atom. The molecule has 3 rings (SSSR count). The number of nitriles is 1. The topological polar surface area (TPSA) is 109 Å². The number of carbonyl (C=O) groups is 1. The lowest BCUT2D eigenvalue weighted by Crippen LogP contribution is -2.40. The van der Waals surface area contributed by atoms with Gasteiger partial charge in [-0.2, -0.15) is 9.57 Å². The van der Waals surface area contributed by atoms with Crippen LogP contribution in [0, 0.1) is 11.3 Å². The molecule has 1 aliphatic rings. The molecule has 1 fully saturated rings. The van der Waals surface area contributed by atoms with Crippen molar-refractivity contribution < 1.29 is 22.7 Å². The predicted octanol–water partition coefficient (Wildman–Crippen LogP) is 2.44. The Labute approximate surface area is 180 Å². The first-order valence-electron chi connectivity index (χ1n) is 9.16. The van der Waals surface area contributed by atoms with Gasteiger partial charge < -0.3 is 14.8 Å². The van der Waals surface area contributed by atoms with E-state index in [1.165, 1.54) is 22.5 Å². The van der Waals surface area contributed by atoms with E-state index in [9.17, 15) is 13.2 Å². The van der Waals surface area contributed by atoms with Gasteiger partial charge in [-0.1, -0.05) is 23.7 Å². The van der Waals surface area contributed by atoms with Crippen LogP contribution >= 0.6 is 11.6 Å². The number of nitrogens with zero attached hydrogens (tertiary/aromatic N) is 2. The molecule has 158 valence electrons. The lowest BCUT2D eigenvalue weighted by Gasteiger charge is -2.26. The number of ether oxygens (including phenoxy) is 2. The number of benzene rings is 2. The Kier molecular flexibility index (Phi) is 7.29. The maximum absolute atomic E-state index is 12.7. The molecule has 2 aromatic carbocycles. The molecule has 0 saturated carbocycles. The van der Waals surface area contributed by atoms with Crippen molar-refractivity contribution in [2.24, 2.45) is 0 Å². The maximum atomic E-state index is 12.7. The molecule has 1 N–H and O–H groups in total. The lowest BCUT2D eigenvalue weighted by molar-refractivity contribution is -0.118. The van der Waals surface area contributed by atoms with Crippen LogP contribution in [0.3, 0.4) is 0 Å². The number of hydrogen-bond acceptors (Lipinski definition) is 6. The van der Waals surface area contributed by atoms with E-state index in [1.54, 1.807) is 24.3 Å². The zero-order chi connectivity index (χ0) is 21.6. The van der Waals surface area contributed by atoms with Gasteiger partial charge in [0.05, 0.1) is 35.6 Å². The van der Waals surface area contributed by atoms with Crippen molar-refractivity contribution in [3.05, 3.63) is 53.1 Å². The molecule has 1 saturated heterocycles. The minimum atomic E-state index is -3.67. The van der Waals surface area contributed by atoms with Gasteiger partial charge in [0.15, 0.2) is 6.61 Å². The SMILES string of the molecule is N#CCc1ccc(NC(=O)COc2ccc(S(=O)(=O)N3CCOCC3)cc2Cl)cc1. The predicted molar refractivity (Wildman–Crippen MR) is 111 cm³/mol. The summed E-state index contributed by atoms with van der Waals surface area (Å²) in [7, 11) is -3.67. The zero-order valence-electron chi connectivity index (χ0n) is 16.0. The lowest BCUT2D eigenvalue weighted by atomic mass is 10.1. The molecule has 1 aliphatic heterocycles. The molecule has 10 heteroatoms. The normalized spacial score (nSPS) is 14.7. The number of hydrogen-bond donors (Lipinski definition) is 1. The van der Waals surface area contributed by atoms with Crippen molar-refractivity contribution in [2.45, 2.75) is 11.3 Å².